The summed E-state index contributed by atoms with van der Waals surface area (Å²) in [5.41, 5.74) is 6.76. The SMILES string of the molecule is CC.COC(=O)c1cc2ccccc2c(Cc2c(C)c(C)cc3ccccc23)c1C. The van der Waals surface area contributed by atoms with Gasteiger partial charge in [-0.25, -0.2) is 4.79 Å². The molecule has 0 aromatic heterocycles. The quantitative estimate of drug-likeness (QED) is 0.338. The first kappa shape index (κ1) is 21.6. The number of hydrogen-bond donors (Lipinski definition) is 0. The molecule has 154 valence electrons. The lowest BCUT2D eigenvalue weighted by atomic mass is 9.86. The number of hydrogen-bond acceptors (Lipinski definition) is 2. The molecule has 0 unspecified atom stereocenters. The van der Waals surface area contributed by atoms with Gasteiger partial charge in [0.1, 0.15) is 0 Å². The smallest absolute Gasteiger partial charge is 0.338 e. The Morgan fingerprint density at radius 2 is 1.27 bits per heavy atom. The van der Waals surface area contributed by atoms with Crippen molar-refractivity contribution in [2.24, 2.45) is 0 Å². The van der Waals surface area contributed by atoms with Crippen LogP contribution in [-0.2, 0) is 11.2 Å². The van der Waals surface area contributed by atoms with Crippen molar-refractivity contribution in [3.8, 4) is 0 Å². The topological polar surface area (TPSA) is 26.3 Å². The molecule has 4 aromatic rings. The molecule has 0 radical (unpaired) electrons. The molecule has 4 rings (SSSR count). The number of benzene rings is 4. The first-order valence-electron chi connectivity index (χ1n) is 10.6. The second-order valence-electron chi connectivity index (χ2n) is 7.44. The van der Waals surface area contributed by atoms with Crippen LogP contribution in [0.15, 0.2) is 60.7 Å². The maximum absolute atomic E-state index is 12.4. The van der Waals surface area contributed by atoms with Gasteiger partial charge in [-0.3, -0.25) is 0 Å². The molecule has 0 heterocycles. The predicted octanol–water partition coefficient (Wildman–Crippen LogP) is 7.32. The number of methoxy groups -OCH3 is 1. The second kappa shape index (κ2) is 9.13. The minimum absolute atomic E-state index is 0.282. The lowest BCUT2D eigenvalue weighted by molar-refractivity contribution is 0.0600. The molecule has 0 saturated carbocycles. The summed E-state index contributed by atoms with van der Waals surface area (Å²) in [6.45, 7) is 10.4. The van der Waals surface area contributed by atoms with Crippen LogP contribution in [0.25, 0.3) is 21.5 Å². The number of carbonyl (C=O) groups excluding carboxylic acids is 1. The standard InChI is InChI=1S/C26H24O2.C2H6/c1-16-13-19-9-5-7-11-21(19)23(17(16)2)15-24-18(3)25(26(27)28-4)14-20-10-6-8-12-22(20)24;1-2/h5-14H,15H2,1-4H3;1-2H3. The number of rotatable bonds is 3. The van der Waals surface area contributed by atoms with Crippen molar-refractivity contribution in [1.82, 2.24) is 0 Å². The Labute approximate surface area is 179 Å². The zero-order valence-electron chi connectivity index (χ0n) is 18.8. The van der Waals surface area contributed by atoms with E-state index in [-0.39, 0.29) is 5.97 Å². The molecule has 0 fully saturated rings. The fourth-order valence-electron chi connectivity index (χ4n) is 4.16. The van der Waals surface area contributed by atoms with Crippen molar-refractivity contribution in [3.05, 3.63) is 94.0 Å². The molecule has 2 nitrogen and oxygen atoms in total. The third-order valence-electron chi connectivity index (χ3n) is 5.90. The molecule has 0 bridgehead atoms. The van der Waals surface area contributed by atoms with Crippen molar-refractivity contribution in [2.75, 3.05) is 7.11 Å². The van der Waals surface area contributed by atoms with Crippen molar-refractivity contribution in [1.29, 1.82) is 0 Å². The molecule has 2 heteroatoms. The van der Waals surface area contributed by atoms with Crippen molar-refractivity contribution >= 4 is 27.5 Å². The number of aryl methyl sites for hydroxylation is 1. The Hall–Kier alpha value is -3.13. The largest absolute Gasteiger partial charge is 0.465 e. The zero-order valence-corrected chi connectivity index (χ0v) is 18.8. The van der Waals surface area contributed by atoms with E-state index in [1.165, 1.54) is 45.5 Å². The van der Waals surface area contributed by atoms with Crippen LogP contribution in [0.3, 0.4) is 0 Å². The molecule has 0 N–H and O–H groups in total. The van der Waals surface area contributed by atoms with E-state index in [1.807, 2.05) is 32.9 Å². The summed E-state index contributed by atoms with van der Waals surface area (Å²) in [6.07, 6.45) is 0.783. The highest BCUT2D eigenvalue weighted by atomic mass is 16.5. The summed E-state index contributed by atoms with van der Waals surface area (Å²) in [7, 11) is 1.44. The Kier molecular flexibility index (Phi) is 6.56. The van der Waals surface area contributed by atoms with E-state index >= 15 is 0 Å². The number of ether oxygens (including phenoxy) is 1. The summed E-state index contributed by atoms with van der Waals surface area (Å²) < 4.78 is 5.05. The van der Waals surface area contributed by atoms with E-state index in [1.54, 1.807) is 0 Å². The molecule has 4 aromatic carbocycles. The van der Waals surface area contributed by atoms with Crippen LogP contribution in [0.5, 0.6) is 0 Å². The Balaban J connectivity index is 0.00000124. The lowest BCUT2D eigenvalue weighted by Crippen LogP contribution is -2.08. The highest BCUT2D eigenvalue weighted by molar-refractivity contribution is 5.99. The van der Waals surface area contributed by atoms with E-state index in [0.717, 1.165) is 17.4 Å². The zero-order chi connectivity index (χ0) is 21.8. The highest BCUT2D eigenvalue weighted by Gasteiger charge is 2.18. The minimum atomic E-state index is -0.282. The molecule has 0 aliphatic heterocycles. The van der Waals surface area contributed by atoms with Gasteiger partial charge in [-0.05, 0) is 82.6 Å². The van der Waals surface area contributed by atoms with Crippen molar-refractivity contribution < 1.29 is 9.53 Å². The van der Waals surface area contributed by atoms with Crippen molar-refractivity contribution in [3.63, 3.8) is 0 Å². The van der Waals surface area contributed by atoms with Gasteiger partial charge in [-0.1, -0.05) is 68.4 Å². The normalized spacial score (nSPS) is 10.6. The van der Waals surface area contributed by atoms with Gasteiger partial charge < -0.3 is 4.74 Å². The number of esters is 1. The average Bonchev–Trinajstić information content (AvgIpc) is 2.78. The maximum Gasteiger partial charge on any atom is 0.338 e. The molecule has 0 atom stereocenters. The Bertz CT molecular complexity index is 1220. The van der Waals surface area contributed by atoms with Gasteiger partial charge in [0.2, 0.25) is 0 Å². The summed E-state index contributed by atoms with van der Waals surface area (Å²) in [5, 5.41) is 4.79. The lowest BCUT2D eigenvalue weighted by Gasteiger charge is -2.18. The van der Waals surface area contributed by atoms with Crippen LogP contribution < -0.4 is 0 Å². The van der Waals surface area contributed by atoms with Crippen LogP contribution in [0.1, 0.15) is 52.0 Å². The fraction of sp³-hybridized carbons (Fsp3) is 0.250. The second-order valence-corrected chi connectivity index (χ2v) is 7.44. The van der Waals surface area contributed by atoms with E-state index in [2.05, 4.69) is 62.4 Å². The van der Waals surface area contributed by atoms with Gasteiger partial charge in [0.05, 0.1) is 12.7 Å². The average molecular weight is 399 g/mol. The van der Waals surface area contributed by atoms with Crippen LogP contribution in [0, 0.1) is 20.8 Å². The first-order valence-corrected chi connectivity index (χ1v) is 10.6. The Morgan fingerprint density at radius 3 is 1.83 bits per heavy atom. The first-order chi connectivity index (χ1) is 14.5. The summed E-state index contributed by atoms with van der Waals surface area (Å²) in [5.74, 6) is -0.282. The summed E-state index contributed by atoms with van der Waals surface area (Å²) >= 11 is 0. The van der Waals surface area contributed by atoms with Gasteiger partial charge in [0.15, 0.2) is 0 Å². The molecular formula is C28H30O2. The molecule has 0 saturated heterocycles. The van der Waals surface area contributed by atoms with Gasteiger partial charge in [0, 0.05) is 0 Å². The monoisotopic (exact) mass is 398 g/mol. The third-order valence-corrected chi connectivity index (χ3v) is 5.90. The molecule has 0 aliphatic carbocycles. The third kappa shape index (κ3) is 3.82. The van der Waals surface area contributed by atoms with E-state index in [4.69, 9.17) is 4.74 Å². The van der Waals surface area contributed by atoms with Gasteiger partial charge >= 0.3 is 5.97 Å². The van der Waals surface area contributed by atoms with E-state index in [0.29, 0.717) is 5.56 Å². The van der Waals surface area contributed by atoms with Gasteiger partial charge in [-0.15, -0.1) is 0 Å². The van der Waals surface area contributed by atoms with E-state index < -0.39 is 0 Å². The van der Waals surface area contributed by atoms with Crippen molar-refractivity contribution in [2.45, 2.75) is 41.0 Å². The van der Waals surface area contributed by atoms with Crippen LogP contribution in [0.2, 0.25) is 0 Å². The van der Waals surface area contributed by atoms with Gasteiger partial charge in [-0.2, -0.15) is 0 Å². The Morgan fingerprint density at radius 1 is 0.767 bits per heavy atom. The molecule has 30 heavy (non-hydrogen) atoms. The molecule has 0 amide bonds. The number of carbonyl (C=O) groups is 1. The summed E-state index contributed by atoms with van der Waals surface area (Å²) in [4.78, 5) is 12.4. The minimum Gasteiger partial charge on any atom is -0.465 e. The predicted molar refractivity (Wildman–Crippen MR) is 128 cm³/mol. The van der Waals surface area contributed by atoms with Crippen LogP contribution >= 0.6 is 0 Å². The van der Waals surface area contributed by atoms with Crippen LogP contribution in [-0.4, -0.2) is 13.1 Å². The highest BCUT2D eigenvalue weighted by Crippen LogP contribution is 2.33. The van der Waals surface area contributed by atoms with E-state index in [9.17, 15) is 4.79 Å². The fourth-order valence-corrected chi connectivity index (χ4v) is 4.16. The number of fused-ring (bicyclic) bond motifs is 2. The van der Waals surface area contributed by atoms with Gasteiger partial charge in [0.25, 0.3) is 0 Å². The maximum atomic E-state index is 12.4. The summed E-state index contributed by atoms with van der Waals surface area (Å²) in [6, 6.07) is 21.0. The molecule has 0 spiro atoms. The molecular weight excluding hydrogens is 368 g/mol. The molecule has 0 aliphatic rings. The van der Waals surface area contributed by atoms with Crippen LogP contribution in [0.4, 0.5) is 0 Å².